The quantitative estimate of drug-likeness (QED) is 0.257. The molecule has 1 aliphatic heterocycles. The van der Waals surface area contributed by atoms with Gasteiger partial charge >= 0.3 is 5.97 Å². The van der Waals surface area contributed by atoms with Gasteiger partial charge in [-0.3, -0.25) is 9.59 Å². The van der Waals surface area contributed by atoms with Gasteiger partial charge in [-0.05, 0) is 43.2 Å². The Kier molecular flexibility index (Phi) is 7.76. The van der Waals surface area contributed by atoms with Gasteiger partial charge < -0.3 is 9.64 Å². The van der Waals surface area contributed by atoms with Crippen molar-refractivity contribution >= 4 is 34.9 Å². The second-order valence-electron chi connectivity index (χ2n) is 7.32. The molecular weight excluding hydrogens is 382 g/mol. The molecule has 0 amide bonds. The van der Waals surface area contributed by atoms with Crippen LogP contribution in [0.3, 0.4) is 0 Å². The summed E-state index contributed by atoms with van der Waals surface area (Å²) in [7, 11) is 1.37. The van der Waals surface area contributed by atoms with Crippen LogP contribution in [0.15, 0.2) is 52.3 Å². The lowest BCUT2D eigenvalue weighted by molar-refractivity contribution is -0.140. The second kappa shape index (κ2) is 10.5. The molecule has 0 aromatic heterocycles. The second-order valence-corrected chi connectivity index (χ2v) is 8.40. The van der Waals surface area contributed by atoms with Crippen molar-refractivity contribution in [3.63, 3.8) is 0 Å². The molecule has 0 atom stereocenters. The van der Waals surface area contributed by atoms with Crippen molar-refractivity contribution in [1.29, 1.82) is 0 Å². The number of hydrogen-bond donors (Lipinski definition) is 0. The number of rotatable bonds is 10. The minimum Gasteiger partial charge on any atom is -0.469 e. The Balaban J connectivity index is 1.76. The maximum absolute atomic E-state index is 12.6. The first-order valence-electron chi connectivity index (χ1n) is 10.4. The number of hydrogen-bond acceptors (Lipinski definition) is 5. The van der Waals surface area contributed by atoms with Gasteiger partial charge in [0.05, 0.1) is 18.5 Å². The molecule has 0 radical (unpaired) electrons. The molecule has 0 bridgehead atoms. The molecule has 0 saturated carbocycles. The summed E-state index contributed by atoms with van der Waals surface area (Å²) in [5, 5.41) is 0. The van der Waals surface area contributed by atoms with Crippen molar-refractivity contribution in [3.05, 3.63) is 48.0 Å². The van der Waals surface area contributed by atoms with E-state index in [1.54, 1.807) is 11.8 Å². The highest BCUT2D eigenvalue weighted by Crippen LogP contribution is 2.48. The van der Waals surface area contributed by atoms with Gasteiger partial charge in [0.15, 0.2) is 5.78 Å². The monoisotopic (exact) mass is 411 g/mol. The molecule has 1 heterocycles. The summed E-state index contributed by atoms with van der Waals surface area (Å²) >= 11 is 1.73. The van der Waals surface area contributed by atoms with Crippen LogP contribution in [0.25, 0.3) is 0 Å². The fourth-order valence-electron chi connectivity index (χ4n) is 3.58. The molecule has 29 heavy (non-hydrogen) atoms. The standard InChI is InChI=1S/C24H29NO3S/c1-3-4-5-8-16-25-19-10-6-7-12-22(19)29-23-17-18(14-15-20(23)25)21(26)11-9-13-24(27)28-2/h6-7,10,12,14-15,17H,3-5,8-9,11,13,16H2,1-2H3. The number of ether oxygens (including phenoxy) is 1. The lowest BCUT2D eigenvalue weighted by Crippen LogP contribution is -2.22. The first-order chi connectivity index (χ1) is 14.1. The smallest absolute Gasteiger partial charge is 0.305 e. The molecule has 154 valence electrons. The van der Waals surface area contributed by atoms with Crippen LogP contribution in [0.2, 0.25) is 0 Å². The molecule has 0 aliphatic carbocycles. The molecule has 0 unspecified atom stereocenters. The average molecular weight is 412 g/mol. The molecule has 1 aliphatic rings. The summed E-state index contributed by atoms with van der Waals surface area (Å²) in [5.41, 5.74) is 3.14. The number of unbranched alkanes of at least 4 members (excludes halogenated alkanes) is 3. The van der Waals surface area contributed by atoms with Gasteiger partial charge in [0.25, 0.3) is 0 Å². The van der Waals surface area contributed by atoms with Crippen LogP contribution in [-0.2, 0) is 9.53 Å². The summed E-state index contributed by atoms with van der Waals surface area (Å²) in [6.07, 6.45) is 6.02. The van der Waals surface area contributed by atoms with Crippen LogP contribution < -0.4 is 4.90 Å². The van der Waals surface area contributed by atoms with Crippen LogP contribution in [-0.4, -0.2) is 25.4 Å². The topological polar surface area (TPSA) is 46.6 Å². The van der Waals surface area contributed by atoms with Crippen LogP contribution in [0.1, 0.15) is 62.2 Å². The zero-order chi connectivity index (χ0) is 20.6. The van der Waals surface area contributed by atoms with E-state index in [9.17, 15) is 9.59 Å². The van der Waals surface area contributed by atoms with Gasteiger partial charge in [-0.15, -0.1) is 0 Å². The predicted molar refractivity (Wildman–Crippen MR) is 118 cm³/mol. The normalized spacial score (nSPS) is 12.3. The Morgan fingerprint density at radius 1 is 0.931 bits per heavy atom. The van der Waals surface area contributed by atoms with Crippen molar-refractivity contribution in [2.24, 2.45) is 0 Å². The minimum absolute atomic E-state index is 0.0747. The Hall–Kier alpha value is -2.27. The highest BCUT2D eigenvalue weighted by atomic mass is 32.2. The average Bonchev–Trinajstić information content (AvgIpc) is 2.75. The molecule has 2 aromatic rings. The van der Waals surface area contributed by atoms with E-state index in [1.165, 1.54) is 42.6 Å². The molecule has 3 rings (SSSR count). The zero-order valence-corrected chi connectivity index (χ0v) is 18.1. The summed E-state index contributed by atoms with van der Waals surface area (Å²) < 4.78 is 4.65. The van der Waals surface area contributed by atoms with Crippen LogP contribution in [0, 0.1) is 0 Å². The Morgan fingerprint density at radius 2 is 1.72 bits per heavy atom. The van der Waals surface area contributed by atoms with E-state index in [4.69, 9.17) is 0 Å². The number of esters is 1. The number of carbonyl (C=O) groups is 2. The summed E-state index contributed by atoms with van der Waals surface area (Å²) in [5.74, 6) is -0.195. The Labute approximate surface area is 177 Å². The summed E-state index contributed by atoms with van der Waals surface area (Å²) in [6.45, 7) is 3.21. The molecule has 4 nitrogen and oxygen atoms in total. The number of methoxy groups -OCH3 is 1. The number of para-hydroxylation sites is 1. The van der Waals surface area contributed by atoms with E-state index >= 15 is 0 Å². The van der Waals surface area contributed by atoms with Gasteiger partial charge in [-0.1, -0.05) is 50.1 Å². The first kappa shape index (κ1) is 21.4. The number of nitrogens with zero attached hydrogens (tertiary/aromatic N) is 1. The van der Waals surface area contributed by atoms with Crippen LogP contribution >= 0.6 is 11.8 Å². The van der Waals surface area contributed by atoms with E-state index in [-0.39, 0.29) is 18.2 Å². The van der Waals surface area contributed by atoms with Gasteiger partial charge in [0.1, 0.15) is 0 Å². The molecule has 0 saturated heterocycles. The van der Waals surface area contributed by atoms with E-state index in [0.29, 0.717) is 18.4 Å². The largest absolute Gasteiger partial charge is 0.469 e. The lowest BCUT2D eigenvalue weighted by Gasteiger charge is -2.33. The van der Waals surface area contributed by atoms with E-state index in [0.717, 1.165) is 17.9 Å². The number of Topliss-reactive ketones (excluding diaryl/α,β-unsaturated/α-hetero) is 1. The third-order valence-corrected chi connectivity index (χ3v) is 6.31. The number of ketones is 1. The van der Waals surface area contributed by atoms with Crippen molar-refractivity contribution < 1.29 is 14.3 Å². The first-order valence-corrected chi connectivity index (χ1v) is 11.2. The fraction of sp³-hybridized carbons (Fsp3) is 0.417. The number of benzene rings is 2. The van der Waals surface area contributed by atoms with Crippen molar-refractivity contribution in [1.82, 2.24) is 0 Å². The molecule has 0 N–H and O–H groups in total. The zero-order valence-electron chi connectivity index (χ0n) is 17.3. The van der Waals surface area contributed by atoms with Crippen molar-refractivity contribution in [2.75, 3.05) is 18.6 Å². The Morgan fingerprint density at radius 3 is 2.52 bits per heavy atom. The van der Waals surface area contributed by atoms with Crippen molar-refractivity contribution in [3.8, 4) is 0 Å². The van der Waals surface area contributed by atoms with Gasteiger partial charge in [-0.2, -0.15) is 0 Å². The Bertz CT molecular complexity index is 865. The molecular formula is C24H29NO3S. The molecule has 0 spiro atoms. The predicted octanol–water partition coefficient (Wildman–Crippen LogP) is 6.40. The third kappa shape index (κ3) is 5.41. The van der Waals surface area contributed by atoms with Crippen LogP contribution in [0.5, 0.6) is 0 Å². The third-order valence-electron chi connectivity index (χ3n) is 5.20. The van der Waals surface area contributed by atoms with Crippen LogP contribution in [0.4, 0.5) is 11.4 Å². The van der Waals surface area contributed by atoms with Gasteiger partial charge in [0.2, 0.25) is 0 Å². The van der Waals surface area contributed by atoms with E-state index in [1.807, 2.05) is 12.1 Å². The minimum atomic E-state index is -0.269. The number of carbonyl (C=O) groups excluding carboxylic acids is 2. The SMILES string of the molecule is CCCCCCN1c2ccccc2Sc2cc(C(=O)CCCC(=O)OC)ccc21. The number of fused-ring (bicyclic) bond motifs is 2. The number of anilines is 2. The maximum atomic E-state index is 12.6. The fourth-order valence-corrected chi connectivity index (χ4v) is 4.72. The maximum Gasteiger partial charge on any atom is 0.305 e. The van der Waals surface area contributed by atoms with E-state index in [2.05, 4.69) is 46.9 Å². The summed E-state index contributed by atoms with van der Waals surface area (Å²) in [4.78, 5) is 28.6. The van der Waals surface area contributed by atoms with Gasteiger partial charge in [-0.25, -0.2) is 0 Å². The van der Waals surface area contributed by atoms with Crippen molar-refractivity contribution in [2.45, 2.75) is 61.7 Å². The van der Waals surface area contributed by atoms with E-state index < -0.39 is 0 Å². The molecule has 2 aromatic carbocycles. The summed E-state index contributed by atoms with van der Waals surface area (Å²) in [6, 6.07) is 14.5. The molecule has 0 fully saturated rings. The highest BCUT2D eigenvalue weighted by Gasteiger charge is 2.23. The van der Waals surface area contributed by atoms with Gasteiger partial charge in [0, 0.05) is 34.7 Å². The molecule has 5 heteroatoms. The lowest BCUT2D eigenvalue weighted by atomic mass is 10.0. The highest BCUT2D eigenvalue weighted by molar-refractivity contribution is 7.99.